The van der Waals surface area contributed by atoms with Crippen molar-refractivity contribution in [1.82, 2.24) is 10.7 Å². The molecular weight excluding hydrogens is 318 g/mol. The highest BCUT2D eigenvalue weighted by atomic mass is 16.5. The van der Waals surface area contributed by atoms with Crippen LogP contribution in [0.4, 0.5) is 0 Å². The molecule has 6 heteroatoms. The summed E-state index contributed by atoms with van der Waals surface area (Å²) < 4.78 is 5.29. The first-order valence-corrected chi connectivity index (χ1v) is 7.94. The number of nitrogens with one attached hydrogen (secondary N) is 2. The summed E-state index contributed by atoms with van der Waals surface area (Å²) in [5, 5.41) is 6.51. The normalized spacial score (nSPS) is 10.8. The van der Waals surface area contributed by atoms with Gasteiger partial charge in [0.15, 0.2) is 6.61 Å². The lowest BCUT2D eigenvalue weighted by Gasteiger charge is -2.07. The van der Waals surface area contributed by atoms with Gasteiger partial charge in [-0.25, -0.2) is 5.43 Å². The van der Waals surface area contributed by atoms with Gasteiger partial charge in [-0.05, 0) is 24.6 Å². The molecule has 2 rings (SSSR count). The second kappa shape index (κ2) is 9.87. The fraction of sp³-hybridized carbons (Fsp3) is 0.211. The summed E-state index contributed by atoms with van der Waals surface area (Å²) in [6, 6.07) is 18.8. The van der Waals surface area contributed by atoms with Gasteiger partial charge in [-0.15, -0.1) is 0 Å². The minimum absolute atomic E-state index is 0.145. The number of rotatable bonds is 8. The summed E-state index contributed by atoms with van der Waals surface area (Å²) >= 11 is 0. The van der Waals surface area contributed by atoms with Gasteiger partial charge in [0.2, 0.25) is 0 Å². The number of carbonyl (C=O) groups is 2. The topological polar surface area (TPSA) is 79.8 Å². The van der Waals surface area contributed by atoms with Gasteiger partial charge in [-0.3, -0.25) is 9.59 Å². The predicted octanol–water partition coefficient (Wildman–Crippen LogP) is 1.92. The number of carbonyl (C=O) groups excluding carboxylic acids is 2. The van der Waals surface area contributed by atoms with Crippen molar-refractivity contribution in [3.8, 4) is 5.75 Å². The average molecular weight is 339 g/mol. The molecule has 0 spiro atoms. The van der Waals surface area contributed by atoms with E-state index in [2.05, 4.69) is 15.8 Å². The van der Waals surface area contributed by atoms with Crippen LogP contribution in [0.15, 0.2) is 65.8 Å². The highest BCUT2D eigenvalue weighted by molar-refractivity contribution is 5.88. The first-order chi connectivity index (χ1) is 12.1. The van der Waals surface area contributed by atoms with Crippen LogP contribution < -0.4 is 15.5 Å². The standard InChI is InChI=1S/C19H21N3O3/c1-15(12-16-8-4-2-5-9-16)21-22-18(23)13-20-19(24)14-25-17-10-6-3-7-11-17/h2-11H,12-14H2,1H3,(H,20,24)(H,22,23)/b21-15-. The Labute approximate surface area is 146 Å². The zero-order chi connectivity index (χ0) is 17.9. The van der Waals surface area contributed by atoms with Crippen molar-refractivity contribution in [2.75, 3.05) is 13.2 Å². The van der Waals surface area contributed by atoms with Crippen LogP contribution in [-0.4, -0.2) is 30.7 Å². The van der Waals surface area contributed by atoms with Gasteiger partial charge in [-0.2, -0.15) is 5.10 Å². The van der Waals surface area contributed by atoms with Gasteiger partial charge in [0.1, 0.15) is 5.75 Å². The van der Waals surface area contributed by atoms with E-state index in [9.17, 15) is 9.59 Å². The van der Waals surface area contributed by atoms with E-state index in [1.165, 1.54) is 0 Å². The number of para-hydroxylation sites is 1. The number of hydrogen-bond acceptors (Lipinski definition) is 4. The highest BCUT2D eigenvalue weighted by Crippen LogP contribution is 2.07. The lowest BCUT2D eigenvalue weighted by atomic mass is 10.1. The SMILES string of the molecule is C/C(Cc1ccccc1)=N/NC(=O)CNC(=O)COc1ccccc1. The van der Waals surface area contributed by atoms with E-state index in [1.54, 1.807) is 12.1 Å². The van der Waals surface area contributed by atoms with Crippen LogP contribution >= 0.6 is 0 Å². The summed E-state index contributed by atoms with van der Waals surface area (Å²) in [4.78, 5) is 23.4. The second-order valence-corrected chi connectivity index (χ2v) is 5.42. The third kappa shape index (κ3) is 7.30. The summed E-state index contributed by atoms with van der Waals surface area (Å²) in [7, 11) is 0. The molecule has 0 aromatic heterocycles. The van der Waals surface area contributed by atoms with Crippen LogP contribution in [-0.2, 0) is 16.0 Å². The van der Waals surface area contributed by atoms with Crippen LogP contribution in [0, 0.1) is 0 Å². The molecule has 0 aliphatic rings. The molecule has 2 aromatic carbocycles. The number of benzene rings is 2. The van der Waals surface area contributed by atoms with Crippen LogP contribution in [0.2, 0.25) is 0 Å². The molecule has 0 atom stereocenters. The molecule has 0 unspecified atom stereocenters. The maximum absolute atomic E-state index is 11.7. The fourth-order valence-electron chi connectivity index (χ4n) is 2.02. The van der Waals surface area contributed by atoms with Crippen LogP contribution in [0.3, 0.4) is 0 Å². The number of ether oxygens (including phenoxy) is 1. The molecule has 0 fully saturated rings. The Morgan fingerprint density at radius 3 is 2.28 bits per heavy atom. The zero-order valence-corrected chi connectivity index (χ0v) is 14.1. The molecule has 0 aliphatic heterocycles. The van der Waals surface area contributed by atoms with Crippen LogP contribution in [0.1, 0.15) is 12.5 Å². The highest BCUT2D eigenvalue weighted by Gasteiger charge is 2.06. The fourth-order valence-corrected chi connectivity index (χ4v) is 2.02. The summed E-state index contributed by atoms with van der Waals surface area (Å²) in [6.45, 7) is 1.53. The van der Waals surface area contributed by atoms with E-state index >= 15 is 0 Å². The lowest BCUT2D eigenvalue weighted by Crippen LogP contribution is -2.37. The smallest absolute Gasteiger partial charge is 0.259 e. The number of hydrazone groups is 1. The van der Waals surface area contributed by atoms with E-state index in [0.29, 0.717) is 12.2 Å². The van der Waals surface area contributed by atoms with Gasteiger partial charge < -0.3 is 10.1 Å². The van der Waals surface area contributed by atoms with Gasteiger partial charge in [0.25, 0.3) is 11.8 Å². The van der Waals surface area contributed by atoms with E-state index in [-0.39, 0.29) is 25.0 Å². The van der Waals surface area contributed by atoms with E-state index in [0.717, 1.165) is 11.3 Å². The minimum Gasteiger partial charge on any atom is -0.484 e. The quantitative estimate of drug-likeness (QED) is 0.569. The Morgan fingerprint density at radius 1 is 0.960 bits per heavy atom. The molecule has 130 valence electrons. The van der Waals surface area contributed by atoms with Gasteiger partial charge in [0.05, 0.1) is 6.54 Å². The molecule has 0 heterocycles. The van der Waals surface area contributed by atoms with Crippen LogP contribution in [0.25, 0.3) is 0 Å². The third-order valence-electron chi connectivity index (χ3n) is 3.23. The molecule has 2 aromatic rings. The molecule has 6 nitrogen and oxygen atoms in total. The maximum atomic E-state index is 11.7. The van der Waals surface area contributed by atoms with Gasteiger partial charge in [0, 0.05) is 12.1 Å². The summed E-state index contributed by atoms with van der Waals surface area (Å²) in [6.07, 6.45) is 0.651. The third-order valence-corrected chi connectivity index (χ3v) is 3.23. The second-order valence-electron chi connectivity index (χ2n) is 5.42. The molecule has 0 saturated carbocycles. The monoisotopic (exact) mass is 339 g/mol. The Morgan fingerprint density at radius 2 is 1.60 bits per heavy atom. The largest absolute Gasteiger partial charge is 0.484 e. The van der Waals surface area contributed by atoms with Crippen molar-refractivity contribution in [3.63, 3.8) is 0 Å². The van der Waals surface area contributed by atoms with E-state index in [1.807, 2.05) is 55.5 Å². The minimum atomic E-state index is -0.388. The van der Waals surface area contributed by atoms with E-state index < -0.39 is 0 Å². The van der Waals surface area contributed by atoms with Crippen molar-refractivity contribution in [2.45, 2.75) is 13.3 Å². The molecule has 0 bridgehead atoms. The molecule has 0 aliphatic carbocycles. The van der Waals surface area contributed by atoms with Crippen molar-refractivity contribution in [2.24, 2.45) is 5.10 Å². The predicted molar refractivity (Wildman–Crippen MR) is 96.3 cm³/mol. The summed E-state index contributed by atoms with van der Waals surface area (Å²) in [5.74, 6) is -0.160. The lowest BCUT2D eigenvalue weighted by molar-refractivity contribution is -0.127. The Kier molecular flexibility index (Phi) is 7.18. The molecule has 2 amide bonds. The average Bonchev–Trinajstić information content (AvgIpc) is 2.64. The molecule has 0 radical (unpaired) electrons. The number of amides is 2. The van der Waals surface area contributed by atoms with Crippen LogP contribution in [0.5, 0.6) is 5.75 Å². The zero-order valence-electron chi connectivity index (χ0n) is 14.1. The van der Waals surface area contributed by atoms with Crippen molar-refractivity contribution in [1.29, 1.82) is 0 Å². The van der Waals surface area contributed by atoms with E-state index in [4.69, 9.17) is 4.74 Å². The molecular formula is C19H21N3O3. The Bertz CT molecular complexity index is 715. The first-order valence-electron chi connectivity index (χ1n) is 7.94. The Balaban J connectivity index is 1.66. The molecule has 25 heavy (non-hydrogen) atoms. The Hall–Kier alpha value is -3.15. The summed E-state index contributed by atoms with van der Waals surface area (Å²) in [5.41, 5.74) is 4.32. The van der Waals surface area contributed by atoms with Crippen molar-refractivity contribution in [3.05, 3.63) is 66.2 Å². The van der Waals surface area contributed by atoms with Gasteiger partial charge >= 0.3 is 0 Å². The molecule has 2 N–H and O–H groups in total. The number of nitrogens with zero attached hydrogens (tertiary/aromatic N) is 1. The van der Waals surface area contributed by atoms with Crippen molar-refractivity contribution < 1.29 is 14.3 Å². The number of hydrogen-bond donors (Lipinski definition) is 2. The maximum Gasteiger partial charge on any atom is 0.259 e. The molecule has 0 saturated heterocycles. The van der Waals surface area contributed by atoms with Gasteiger partial charge in [-0.1, -0.05) is 48.5 Å². The van der Waals surface area contributed by atoms with Crippen molar-refractivity contribution >= 4 is 17.5 Å². The first kappa shape index (κ1) is 18.2.